The van der Waals surface area contributed by atoms with Gasteiger partial charge in [-0.2, -0.15) is 0 Å². The van der Waals surface area contributed by atoms with E-state index in [0.717, 1.165) is 45.1 Å². The zero-order valence-electron chi connectivity index (χ0n) is 11.7. The molecule has 0 amide bonds. The molecule has 0 aromatic heterocycles. The van der Waals surface area contributed by atoms with Gasteiger partial charge in [0.2, 0.25) is 0 Å². The fourth-order valence-corrected chi connectivity index (χ4v) is 2.27. The van der Waals surface area contributed by atoms with Crippen LogP contribution in [-0.2, 0) is 4.74 Å². The molecule has 1 fully saturated rings. The predicted molar refractivity (Wildman–Crippen MR) is 78.3 cm³/mol. The largest absolute Gasteiger partial charge is 0.478 e. The van der Waals surface area contributed by atoms with Crippen LogP contribution in [-0.4, -0.2) is 62.4 Å². The van der Waals surface area contributed by atoms with Crippen molar-refractivity contribution in [2.24, 2.45) is 0 Å². The van der Waals surface area contributed by atoms with Crippen molar-refractivity contribution < 1.29 is 14.6 Å². The van der Waals surface area contributed by atoms with E-state index in [9.17, 15) is 4.79 Å². The maximum Gasteiger partial charge on any atom is 0.335 e. The van der Waals surface area contributed by atoms with Crippen LogP contribution < -0.4 is 10.6 Å². The van der Waals surface area contributed by atoms with E-state index in [-0.39, 0.29) is 5.56 Å². The van der Waals surface area contributed by atoms with E-state index in [1.165, 1.54) is 6.07 Å². The summed E-state index contributed by atoms with van der Waals surface area (Å²) in [5.74, 6) is -0.959. The highest BCUT2D eigenvalue weighted by Gasteiger charge is 2.13. The van der Waals surface area contributed by atoms with Crippen molar-refractivity contribution in [3.63, 3.8) is 0 Å². The van der Waals surface area contributed by atoms with Crippen molar-refractivity contribution in [3.8, 4) is 0 Å². The van der Waals surface area contributed by atoms with E-state index in [1.807, 2.05) is 7.05 Å². The molecule has 1 aromatic carbocycles. The van der Waals surface area contributed by atoms with Gasteiger partial charge in [0.05, 0.1) is 30.2 Å². The first-order valence-electron chi connectivity index (χ1n) is 6.72. The number of hydrogen-bond donors (Lipinski definition) is 2. The molecule has 0 saturated carbocycles. The number of nitrogens with zero attached hydrogens (tertiary/aromatic N) is 2. The monoisotopic (exact) mass is 279 g/mol. The van der Waals surface area contributed by atoms with Crippen molar-refractivity contribution in [1.82, 2.24) is 4.90 Å². The third-order valence-corrected chi connectivity index (χ3v) is 3.54. The van der Waals surface area contributed by atoms with E-state index >= 15 is 0 Å². The molecule has 20 heavy (non-hydrogen) atoms. The molecular formula is C14H21N3O3. The number of benzene rings is 1. The molecule has 3 N–H and O–H groups in total. The molecule has 2 rings (SSSR count). The lowest BCUT2D eigenvalue weighted by Gasteiger charge is -2.29. The minimum atomic E-state index is -0.959. The molecule has 1 aliphatic rings. The van der Waals surface area contributed by atoms with Crippen LogP contribution in [0.1, 0.15) is 10.4 Å². The third kappa shape index (κ3) is 3.61. The van der Waals surface area contributed by atoms with Crippen LogP contribution in [0.3, 0.4) is 0 Å². The lowest BCUT2D eigenvalue weighted by atomic mass is 10.1. The Morgan fingerprint density at radius 3 is 2.75 bits per heavy atom. The van der Waals surface area contributed by atoms with Crippen LogP contribution >= 0.6 is 0 Å². The number of morpholine rings is 1. The Kier molecular flexibility index (Phi) is 4.81. The van der Waals surface area contributed by atoms with E-state index < -0.39 is 5.97 Å². The fraction of sp³-hybridized carbons (Fsp3) is 0.500. The van der Waals surface area contributed by atoms with Gasteiger partial charge >= 0.3 is 5.97 Å². The molecule has 1 saturated heterocycles. The van der Waals surface area contributed by atoms with Crippen molar-refractivity contribution in [1.29, 1.82) is 0 Å². The number of hydrogen-bond acceptors (Lipinski definition) is 5. The Hall–Kier alpha value is -1.79. The summed E-state index contributed by atoms with van der Waals surface area (Å²) in [7, 11) is 1.96. The van der Waals surface area contributed by atoms with Crippen LogP contribution in [0.25, 0.3) is 0 Å². The minimum absolute atomic E-state index is 0.216. The maximum absolute atomic E-state index is 10.9. The van der Waals surface area contributed by atoms with Gasteiger partial charge in [0.1, 0.15) is 0 Å². The summed E-state index contributed by atoms with van der Waals surface area (Å²) in [6.45, 7) is 5.29. The first kappa shape index (κ1) is 14.6. The molecule has 0 bridgehead atoms. The average Bonchev–Trinajstić information content (AvgIpc) is 2.45. The molecule has 6 nitrogen and oxygen atoms in total. The van der Waals surface area contributed by atoms with Crippen molar-refractivity contribution >= 4 is 17.3 Å². The van der Waals surface area contributed by atoms with Gasteiger partial charge in [0, 0.05) is 33.2 Å². The second-order valence-corrected chi connectivity index (χ2v) is 4.95. The molecular weight excluding hydrogens is 258 g/mol. The van der Waals surface area contributed by atoms with Crippen molar-refractivity contribution in [2.75, 3.05) is 57.1 Å². The number of nitrogen functional groups attached to an aromatic ring is 1. The van der Waals surface area contributed by atoms with Crippen LogP contribution in [0.5, 0.6) is 0 Å². The number of carboxylic acid groups (broad SMARTS) is 1. The SMILES string of the molecule is CN(CCN1CCOCC1)c1ccc(C(=O)O)cc1N. The summed E-state index contributed by atoms with van der Waals surface area (Å²) in [4.78, 5) is 15.3. The van der Waals surface area contributed by atoms with Gasteiger partial charge in [-0.3, -0.25) is 4.90 Å². The maximum atomic E-state index is 10.9. The van der Waals surface area contributed by atoms with Gasteiger partial charge in [-0.05, 0) is 18.2 Å². The lowest BCUT2D eigenvalue weighted by molar-refractivity contribution is 0.0393. The smallest absolute Gasteiger partial charge is 0.335 e. The van der Waals surface area contributed by atoms with E-state index in [0.29, 0.717) is 5.69 Å². The second kappa shape index (κ2) is 6.58. The van der Waals surface area contributed by atoms with Gasteiger partial charge in [-0.25, -0.2) is 4.79 Å². The first-order valence-corrected chi connectivity index (χ1v) is 6.72. The molecule has 1 heterocycles. The average molecular weight is 279 g/mol. The molecule has 110 valence electrons. The second-order valence-electron chi connectivity index (χ2n) is 4.95. The van der Waals surface area contributed by atoms with Crippen LogP contribution in [0.15, 0.2) is 18.2 Å². The molecule has 0 unspecified atom stereocenters. The van der Waals surface area contributed by atoms with Gasteiger partial charge in [0.25, 0.3) is 0 Å². The number of aromatic carboxylic acids is 1. The summed E-state index contributed by atoms with van der Waals surface area (Å²) in [5.41, 5.74) is 7.50. The minimum Gasteiger partial charge on any atom is -0.478 e. The van der Waals surface area contributed by atoms with Crippen LogP contribution in [0.2, 0.25) is 0 Å². The Morgan fingerprint density at radius 1 is 1.45 bits per heavy atom. The molecule has 0 spiro atoms. The Labute approximate surface area is 118 Å². The van der Waals surface area contributed by atoms with E-state index in [2.05, 4.69) is 9.80 Å². The standard InChI is InChI=1S/C14H21N3O3/c1-16(4-5-17-6-8-20-9-7-17)13-3-2-11(14(18)19)10-12(13)15/h2-3,10H,4-9,15H2,1H3,(H,18,19). The van der Waals surface area contributed by atoms with Gasteiger partial charge in [-0.15, -0.1) is 0 Å². The van der Waals surface area contributed by atoms with Gasteiger partial charge in [-0.1, -0.05) is 0 Å². The number of nitrogens with two attached hydrogens (primary N) is 1. The summed E-state index contributed by atoms with van der Waals surface area (Å²) in [6.07, 6.45) is 0. The number of anilines is 2. The number of likely N-dealkylation sites (N-methyl/N-ethyl adjacent to an activating group) is 1. The summed E-state index contributed by atoms with van der Waals surface area (Å²) >= 11 is 0. The normalized spacial score (nSPS) is 16.1. The summed E-state index contributed by atoms with van der Waals surface area (Å²) in [5, 5.41) is 8.92. The molecule has 0 aliphatic carbocycles. The fourth-order valence-electron chi connectivity index (χ4n) is 2.27. The van der Waals surface area contributed by atoms with Crippen molar-refractivity contribution in [2.45, 2.75) is 0 Å². The summed E-state index contributed by atoms with van der Waals surface area (Å²) in [6, 6.07) is 4.85. The van der Waals surface area contributed by atoms with Crippen LogP contribution in [0.4, 0.5) is 11.4 Å². The molecule has 6 heteroatoms. The molecule has 1 aromatic rings. The van der Waals surface area contributed by atoms with Gasteiger partial charge < -0.3 is 20.5 Å². The molecule has 0 radical (unpaired) electrons. The Balaban J connectivity index is 1.94. The highest BCUT2D eigenvalue weighted by Crippen LogP contribution is 2.23. The van der Waals surface area contributed by atoms with Crippen LogP contribution in [0, 0.1) is 0 Å². The van der Waals surface area contributed by atoms with Crippen molar-refractivity contribution in [3.05, 3.63) is 23.8 Å². The van der Waals surface area contributed by atoms with Gasteiger partial charge in [0.15, 0.2) is 0 Å². The number of ether oxygens (including phenoxy) is 1. The lowest BCUT2D eigenvalue weighted by Crippen LogP contribution is -2.40. The quantitative estimate of drug-likeness (QED) is 0.774. The predicted octanol–water partition coefficient (Wildman–Crippen LogP) is 0.735. The molecule has 0 atom stereocenters. The zero-order valence-corrected chi connectivity index (χ0v) is 11.7. The third-order valence-electron chi connectivity index (χ3n) is 3.54. The topological polar surface area (TPSA) is 79.0 Å². The number of carboxylic acids is 1. The zero-order chi connectivity index (χ0) is 14.5. The Morgan fingerprint density at radius 2 is 2.15 bits per heavy atom. The van der Waals surface area contributed by atoms with E-state index in [1.54, 1.807) is 12.1 Å². The molecule has 1 aliphatic heterocycles. The Bertz CT molecular complexity index is 473. The van der Waals surface area contributed by atoms with E-state index in [4.69, 9.17) is 15.6 Å². The summed E-state index contributed by atoms with van der Waals surface area (Å²) < 4.78 is 5.31. The highest BCUT2D eigenvalue weighted by molar-refractivity contribution is 5.90. The first-order chi connectivity index (χ1) is 9.58. The number of carbonyl (C=O) groups is 1. The highest BCUT2D eigenvalue weighted by atomic mass is 16.5. The number of rotatable bonds is 5.